The summed E-state index contributed by atoms with van der Waals surface area (Å²) in [7, 11) is 0. The van der Waals surface area contributed by atoms with Crippen molar-refractivity contribution in [1.29, 1.82) is 0 Å². The molecule has 1 aromatic heterocycles. The van der Waals surface area contributed by atoms with Crippen molar-refractivity contribution in [2.75, 3.05) is 5.32 Å². The van der Waals surface area contributed by atoms with E-state index in [2.05, 4.69) is 10.3 Å². The first-order chi connectivity index (χ1) is 14.6. The molecule has 0 fully saturated rings. The third-order valence-corrected chi connectivity index (χ3v) is 4.60. The first-order valence-electron chi connectivity index (χ1n) is 9.44. The highest BCUT2D eigenvalue weighted by Gasteiger charge is 2.29. The van der Waals surface area contributed by atoms with Gasteiger partial charge in [0, 0.05) is 12.6 Å². The molecule has 0 atom stereocenters. The normalized spacial score (nSPS) is 11.7. The molecule has 1 heterocycles. The fourth-order valence-corrected chi connectivity index (χ4v) is 2.99. The Morgan fingerprint density at radius 3 is 2.10 bits per heavy atom. The average molecular weight is 436 g/mol. The summed E-state index contributed by atoms with van der Waals surface area (Å²) in [4.78, 5) is 29.2. The second-order valence-corrected chi connectivity index (χ2v) is 7.23. The summed E-state index contributed by atoms with van der Waals surface area (Å²) in [6.45, 7) is 3.40. The molecule has 0 unspecified atom stereocenters. The van der Waals surface area contributed by atoms with Crippen LogP contribution in [0.3, 0.4) is 0 Å². The van der Waals surface area contributed by atoms with E-state index >= 15 is 0 Å². The Morgan fingerprint density at radius 2 is 1.55 bits per heavy atom. The number of nitrogens with zero attached hydrogens (tertiary/aromatic N) is 3. The van der Waals surface area contributed by atoms with Crippen LogP contribution in [0.5, 0.6) is 0 Å². The van der Waals surface area contributed by atoms with E-state index < -0.39 is 35.0 Å². The van der Waals surface area contributed by atoms with Crippen molar-refractivity contribution in [2.24, 2.45) is 0 Å². The lowest BCUT2D eigenvalue weighted by Gasteiger charge is -2.17. The highest BCUT2D eigenvalue weighted by molar-refractivity contribution is 5.31. The van der Waals surface area contributed by atoms with Crippen molar-refractivity contribution < 1.29 is 17.6 Å². The molecule has 2 aromatic carbocycles. The van der Waals surface area contributed by atoms with E-state index in [0.717, 1.165) is 16.7 Å². The van der Waals surface area contributed by atoms with Gasteiger partial charge in [-0.3, -0.25) is 4.57 Å². The molecule has 10 heteroatoms. The predicted octanol–water partition coefficient (Wildman–Crippen LogP) is 3.80. The highest BCUT2D eigenvalue weighted by Crippen LogP contribution is 2.29. The molecule has 6 nitrogen and oxygen atoms in total. The zero-order valence-electron chi connectivity index (χ0n) is 16.8. The number of halogens is 4. The summed E-state index contributed by atoms with van der Waals surface area (Å²) in [5, 5.41) is 2.85. The van der Waals surface area contributed by atoms with Crippen LogP contribution in [-0.4, -0.2) is 14.1 Å². The fraction of sp³-hybridized carbons (Fsp3) is 0.286. The Labute approximate surface area is 174 Å². The maximum atomic E-state index is 13.2. The quantitative estimate of drug-likeness (QED) is 0.597. The topological polar surface area (TPSA) is 68.9 Å². The molecule has 3 rings (SSSR count). The van der Waals surface area contributed by atoms with Crippen LogP contribution in [0.4, 0.5) is 23.5 Å². The second-order valence-electron chi connectivity index (χ2n) is 7.23. The lowest BCUT2D eigenvalue weighted by atomic mass is 10.1. The van der Waals surface area contributed by atoms with Crippen LogP contribution in [0, 0.1) is 5.82 Å². The second kappa shape index (κ2) is 8.75. The molecular weight excluding hydrogens is 416 g/mol. The number of nitrogens with one attached hydrogen (secondary N) is 1. The zero-order chi connectivity index (χ0) is 22.8. The maximum absolute atomic E-state index is 13.2. The molecule has 0 aliphatic rings. The van der Waals surface area contributed by atoms with Crippen LogP contribution in [0.2, 0.25) is 0 Å². The van der Waals surface area contributed by atoms with Gasteiger partial charge in [-0.25, -0.2) is 18.5 Å². The molecule has 0 saturated carbocycles. The number of hydrogen-bond donors (Lipinski definition) is 1. The Balaban J connectivity index is 1.93. The van der Waals surface area contributed by atoms with Gasteiger partial charge < -0.3 is 5.32 Å². The number of rotatable bonds is 6. The number of alkyl halides is 3. The molecule has 0 amide bonds. The highest BCUT2D eigenvalue weighted by atomic mass is 19.4. The van der Waals surface area contributed by atoms with Crippen LogP contribution in [-0.2, 0) is 19.3 Å². The van der Waals surface area contributed by atoms with Crippen LogP contribution >= 0.6 is 0 Å². The van der Waals surface area contributed by atoms with Gasteiger partial charge in [-0.2, -0.15) is 18.2 Å². The first kappa shape index (κ1) is 22.3. The minimum Gasteiger partial charge on any atom is -0.351 e. The van der Waals surface area contributed by atoms with Crippen LogP contribution in [0.1, 0.15) is 36.6 Å². The van der Waals surface area contributed by atoms with Crippen LogP contribution < -0.4 is 16.7 Å². The molecule has 0 saturated heterocycles. The number of anilines is 1. The van der Waals surface area contributed by atoms with E-state index in [9.17, 15) is 27.2 Å². The maximum Gasteiger partial charge on any atom is 0.416 e. The lowest BCUT2D eigenvalue weighted by molar-refractivity contribution is -0.137. The summed E-state index contributed by atoms with van der Waals surface area (Å²) in [5.41, 5.74) is -1.01. The first-order valence-corrected chi connectivity index (χ1v) is 9.44. The van der Waals surface area contributed by atoms with Gasteiger partial charge in [0.1, 0.15) is 5.82 Å². The van der Waals surface area contributed by atoms with Crippen molar-refractivity contribution in [3.63, 3.8) is 0 Å². The van der Waals surface area contributed by atoms with E-state index in [0.29, 0.717) is 11.1 Å². The van der Waals surface area contributed by atoms with E-state index in [1.807, 2.05) is 0 Å². The minimum absolute atomic E-state index is 0.0223. The summed E-state index contributed by atoms with van der Waals surface area (Å²) < 4.78 is 53.6. The molecule has 0 radical (unpaired) electrons. The summed E-state index contributed by atoms with van der Waals surface area (Å²) in [5.74, 6) is -0.460. The molecule has 0 bridgehead atoms. The molecule has 3 aromatic rings. The van der Waals surface area contributed by atoms with Crippen molar-refractivity contribution in [2.45, 2.75) is 39.2 Å². The standard InChI is InChI=1S/C21H20F4N4O2/c1-13(2)29-19(30)27-18(26-11-14-3-7-16(8-4-14)21(23,24)25)28(20(29)31)12-15-5-9-17(22)10-6-15/h3-10,13H,11-12H2,1-2H3,(H,26,27,30). The van der Waals surface area contributed by atoms with Gasteiger partial charge in [-0.15, -0.1) is 0 Å². The Kier molecular flexibility index (Phi) is 6.28. The third kappa shape index (κ3) is 5.19. The summed E-state index contributed by atoms with van der Waals surface area (Å²) >= 11 is 0. The van der Waals surface area contributed by atoms with Crippen LogP contribution in [0.25, 0.3) is 0 Å². The van der Waals surface area contributed by atoms with Gasteiger partial charge in [0.15, 0.2) is 0 Å². The molecule has 0 aliphatic carbocycles. The zero-order valence-corrected chi connectivity index (χ0v) is 16.8. The van der Waals surface area contributed by atoms with E-state index in [1.165, 1.54) is 41.0 Å². The number of benzene rings is 2. The van der Waals surface area contributed by atoms with Crippen molar-refractivity contribution in [1.82, 2.24) is 14.1 Å². The predicted molar refractivity (Wildman–Crippen MR) is 107 cm³/mol. The molecular formula is C21H20F4N4O2. The van der Waals surface area contributed by atoms with Crippen molar-refractivity contribution in [3.05, 3.63) is 92.0 Å². The number of aromatic nitrogens is 3. The monoisotopic (exact) mass is 436 g/mol. The molecule has 0 aliphatic heterocycles. The van der Waals surface area contributed by atoms with Gasteiger partial charge in [0.05, 0.1) is 12.1 Å². The lowest BCUT2D eigenvalue weighted by Crippen LogP contribution is -2.43. The largest absolute Gasteiger partial charge is 0.416 e. The molecule has 0 spiro atoms. The SMILES string of the molecule is CC(C)n1c(=O)nc(NCc2ccc(C(F)(F)F)cc2)n(Cc2ccc(F)cc2)c1=O. The van der Waals surface area contributed by atoms with E-state index in [1.54, 1.807) is 13.8 Å². The Hall–Kier alpha value is -3.43. The van der Waals surface area contributed by atoms with Gasteiger partial charge in [-0.05, 0) is 49.2 Å². The average Bonchev–Trinajstić information content (AvgIpc) is 2.69. The van der Waals surface area contributed by atoms with Gasteiger partial charge in [-0.1, -0.05) is 24.3 Å². The Morgan fingerprint density at radius 1 is 0.968 bits per heavy atom. The molecule has 1 N–H and O–H groups in total. The summed E-state index contributed by atoms with van der Waals surface area (Å²) in [6, 6.07) is 9.58. The van der Waals surface area contributed by atoms with E-state index in [4.69, 9.17) is 0 Å². The van der Waals surface area contributed by atoms with Crippen molar-refractivity contribution >= 4 is 5.95 Å². The molecule has 164 valence electrons. The van der Waals surface area contributed by atoms with Crippen LogP contribution in [0.15, 0.2) is 58.1 Å². The smallest absolute Gasteiger partial charge is 0.351 e. The fourth-order valence-electron chi connectivity index (χ4n) is 2.99. The number of hydrogen-bond acceptors (Lipinski definition) is 4. The van der Waals surface area contributed by atoms with E-state index in [-0.39, 0.29) is 19.0 Å². The summed E-state index contributed by atoms with van der Waals surface area (Å²) in [6.07, 6.45) is -4.44. The van der Waals surface area contributed by atoms with Gasteiger partial charge in [0.25, 0.3) is 0 Å². The minimum atomic E-state index is -4.44. The third-order valence-electron chi connectivity index (χ3n) is 4.60. The van der Waals surface area contributed by atoms with Gasteiger partial charge in [0.2, 0.25) is 5.95 Å². The molecule has 31 heavy (non-hydrogen) atoms. The van der Waals surface area contributed by atoms with Crippen molar-refractivity contribution in [3.8, 4) is 0 Å². The Bertz CT molecular complexity index is 1160. The van der Waals surface area contributed by atoms with Gasteiger partial charge >= 0.3 is 17.6 Å².